The first kappa shape index (κ1) is 18.2. The van der Waals surface area contributed by atoms with Gasteiger partial charge in [-0.2, -0.15) is 0 Å². The summed E-state index contributed by atoms with van der Waals surface area (Å²) in [5, 5.41) is 22.9. The summed E-state index contributed by atoms with van der Waals surface area (Å²) >= 11 is 0. The minimum atomic E-state index is -1.08. The maximum absolute atomic E-state index is 11.5. The molecule has 2 rings (SSSR count). The summed E-state index contributed by atoms with van der Waals surface area (Å²) in [5.74, 6) is 0.541. The highest BCUT2D eigenvalue weighted by Gasteiger charge is 2.20. The number of benzene rings is 1. The van der Waals surface area contributed by atoms with Gasteiger partial charge in [0.1, 0.15) is 17.2 Å². The lowest BCUT2D eigenvalue weighted by atomic mass is 10.0. The van der Waals surface area contributed by atoms with Crippen LogP contribution in [0.4, 0.5) is 4.79 Å². The van der Waals surface area contributed by atoms with Gasteiger partial charge in [-0.15, -0.1) is 0 Å². The zero-order valence-corrected chi connectivity index (χ0v) is 14.4. The maximum Gasteiger partial charge on any atom is 0.407 e. The van der Waals surface area contributed by atoms with Gasteiger partial charge in [-0.1, -0.05) is 6.07 Å². The Hall–Kier alpha value is -2.12. The predicted molar refractivity (Wildman–Crippen MR) is 88.6 cm³/mol. The van der Waals surface area contributed by atoms with Crippen LogP contribution in [0.1, 0.15) is 44.8 Å². The molecule has 0 aliphatic heterocycles. The molecule has 2 unspecified atom stereocenters. The number of aliphatic hydroxyl groups is 2. The van der Waals surface area contributed by atoms with E-state index in [1.165, 1.54) is 0 Å². The summed E-state index contributed by atoms with van der Waals surface area (Å²) in [7, 11) is 0. The van der Waals surface area contributed by atoms with Crippen LogP contribution in [0.2, 0.25) is 0 Å². The fraction of sp³-hybridized carbons (Fsp3) is 0.529. The number of aryl methyl sites for hydroxylation is 1. The van der Waals surface area contributed by atoms with Crippen LogP contribution in [-0.2, 0) is 4.74 Å². The molecule has 1 aromatic carbocycles. The van der Waals surface area contributed by atoms with E-state index in [0.29, 0.717) is 22.6 Å². The van der Waals surface area contributed by atoms with Crippen molar-refractivity contribution in [3.8, 4) is 0 Å². The van der Waals surface area contributed by atoms with Crippen molar-refractivity contribution in [3.63, 3.8) is 0 Å². The average Bonchev–Trinajstić information content (AvgIpc) is 2.83. The van der Waals surface area contributed by atoms with Crippen molar-refractivity contribution in [2.75, 3.05) is 6.54 Å². The summed E-state index contributed by atoms with van der Waals surface area (Å²) in [4.78, 5) is 15.7. The number of fused-ring (bicyclic) bond motifs is 1. The third kappa shape index (κ3) is 4.94. The summed E-state index contributed by atoms with van der Waals surface area (Å²) < 4.78 is 10.5. The smallest absolute Gasteiger partial charge is 0.407 e. The first-order chi connectivity index (χ1) is 11.2. The van der Waals surface area contributed by atoms with Crippen LogP contribution < -0.4 is 5.32 Å². The van der Waals surface area contributed by atoms with E-state index >= 15 is 0 Å². The molecule has 0 bridgehead atoms. The zero-order chi connectivity index (χ0) is 17.9. The van der Waals surface area contributed by atoms with Gasteiger partial charge in [0.25, 0.3) is 0 Å². The van der Waals surface area contributed by atoms with Crippen LogP contribution in [0.5, 0.6) is 0 Å². The molecule has 0 radical (unpaired) electrons. The van der Waals surface area contributed by atoms with Gasteiger partial charge in [0.15, 0.2) is 11.5 Å². The number of aliphatic hydroxyl groups excluding tert-OH is 2. The van der Waals surface area contributed by atoms with Crippen LogP contribution in [0.3, 0.4) is 0 Å². The monoisotopic (exact) mass is 336 g/mol. The molecule has 1 amide bonds. The topological polar surface area (TPSA) is 105 Å². The second kappa shape index (κ2) is 7.19. The average molecular weight is 336 g/mol. The van der Waals surface area contributed by atoms with Crippen LogP contribution in [0.15, 0.2) is 22.6 Å². The standard InChI is InChI=1S/C17H24N2O5/c1-10-19-12-6-5-11(9-14(12)23-10)15(21)13(20)7-8-18-16(22)24-17(2,3)4/h5-6,9,13,15,20-21H,7-8H2,1-4H3,(H,18,22). The molecule has 0 saturated heterocycles. The van der Waals surface area contributed by atoms with E-state index < -0.39 is 23.9 Å². The van der Waals surface area contributed by atoms with Crippen molar-refractivity contribution in [2.45, 2.75) is 51.9 Å². The predicted octanol–water partition coefficient (Wildman–Crippen LogP) is 2.45. The van der Waals surface area contributed by atoms with E-state index in [1.54, 1.807) is 45.9 Å². The minimum Gasteiger partial charge on any atom is -0.444 e. The highest BCUT2D eigenvalue weighted by molar-refractivity contribution is 5.73. The number of rotatable bonds is 5. The number of oxazole rings is 1. The molecule has 3 N–H and O–H groups in total. The maximum atomic E-state index is 11.5. The molecule has 0 fully saturated rings. The number of carbonyl (C=O) groups excluding carboxylic acids is 1. The van der Waals surface area contributed by atoms with E-state index in [1.807, 2.05) is 0 Å². The van der Waals surface area contributed by atoms with Gasteiger partial charge in [0.2, 0.25) is 0 Å². The minimum absolute atomic E-state index is 0.188. The van der Waals surface area contributed by atoms with Crippen molar-refractivity contribution in [1.29, 1.82) is 0 Å². The molecule has 1 heterocycles. The van der Waals surface area contributed by atoms with E-state index in [2.05, 4.69) is 10.3 Å². The van der Waals surface area contributed by atoms with Crippen molar-refractivity contribution in [1.82, 2.24) is 10.3 Å². The lowest BCUT2D eigenvalue weighted by Crippen LogP contribution is -2.34. The molecule has 0 spiro atoms. The Balaban J connectivity index is 1.88. The Morgan fingerprint density at radius 3 is 2.75 bits per heavy atom. The second-order valence-corrected chi connectivity index (χ2v) is 6.69. The third-order valence-corrected chi connectivity index (χ3v) is 3.33. The quantitative estimate of drug-likeness (QED) is 0.774. The molecular weight excluding hydrogens is 312 g/mol. The fourth-order valence-corrected chi connectivity index (χ4v) is 2.26. The summed E-state index contributed by atoms with van der Waals surface area (Å²) in [6.07, 6.45) is -2.47. The number of hydrogen-bond acceptors (Lipinski definition) is 6. The van der Waals surface area contributed by atoms with Gasteiger partial charge in [-0.3, -0.25) is 0 Å². The van der Waals surface area contributed by atoms with Crippen LogP contribution >= 0.6 is 0 Å². The summed E-state index contributed by atoms with van der Waals surface area (Å²) in [6.45, 7) is 7.25. The largest absolute Gasteiger partial charge is 0.444 e. The normalized spacial score (nSPS) is 14.4. The lowest BCUT2D eigenvalue weighted by molar-refractivity contribution is 0.0123. The molecule has 2 aromatic rings. The lowest BCUT2D eigenvalue weighted by Gasteiger charge is -2.21. The molecule has 0 aliphatic carbocycles. The molecule has 1 aromatic heterocycles. The number of amides is 1. The molecule has 2 atom stereocenters. The van der Waals surface area contributed by atoms with Crippen LogP contribution in [0, 0.1) is 6.92 Å². The summed E-state index contributed by atoms with van der Waals surface area (Å²) in [5.41, 5.74) is 1.21. The van der Waals surface area contributed by atoms with Gasteiger partial charge in [0, 0.05) is 13.5 Å². The van der Waals surface area contributed by atoms with Crippen molar-refractivity contribution in [2.24, 2.45) is 0 Å². The fourth-order valence-electron chi connectivity index (χ4n) is 2.26. The second-order valence-electron chi connectivity index (χ2n) is 6.69. The van der Waals surface area contributed by atoms with Gasteiger partial charge in [-0.25, -0.2) is 9.78 Å². The van der Waals surface area contributed by atoms with Gasteiger partial charge < -0.3 is 24.7 Å². The Morgan fingerprint density at radius 1 is 1.38 bits per heavy atom. The molecule has 132 valence electrons. The highest BCUT2D eigenvalue weighted by Crippen LogP contribution is 2.24. The van der Waals surface area contributed by atoms with Crippen molar-refractivity contribution in [3.05, 3.63) is 29.7 Å². The number of nitrogens with one attached hydrogen (secondary N) is 1. The van der Waals surface area contributed by atoms with Crippen molar-refractivity contribution >= 4 is 17.2 Å². The molecule has 7 nitrogen and oxygen atoms in total. The zero-order valence-electron chi connectivity index (χ0n) is 14.4. The number of hydrogen-bond donors (Lipinski definition) is 3. The van der Waals surface area contributed by atoms with E-state index in [0.717, 1.165) is 0 Å². The number of aromatic nitrogens is 1. The number of ether oxygens (including phenoxy) is 1. The SMILES string of the molecule is Cc1nc2ccc(C(O)C(O)CCNC(=O)OC(C)(C)C)cc2o1. The Labute approximate surface area is 140 Å². The summed E-state index contributed by atoms with van der Waals surface area (Å²) in [6, 6.07) is 5.08. The number of alkyl carbamates (subject to hydrolysis) is 1. The van der Waals surface area contributed by atoms with Gasteiger partial charge in [-0.05, 0) is 44.9 Å². The third-order valence-electron chi connectivity index (χ3n) is 3.33. The Morgan fingerprint density at radius 2 is 2.08 bits per heavy atom. The first-order valence-corrected chi connectivity index (χ1v) is 7.86. The first-order valence-electron chi connectivity index (χ1n) is 7.86. The van der Waals surface area contributed by atoms with Crippen molar-refractivity contribution < 1.29 is 24.2 Å². The van der Waals surface area contributed by atoms with Gasteiger partial charge in [0.05, 0.1) is 6.10 Å². The molecule has 0 aliphatic rings. The molecular formula is C17H24N2O5. The van der Waals surface area contributed by atoms with Crippen LogP contribution in [0.25, 0.3) is 11.1 Å². The van der Waals surface area contributed by atoms with E-state index in [9.17, 15) is 15.0 Å². The Bertz CT molecular complexity index is 705. The number of carbonyl (C=O) groups is 1. The van der Waals surface area contributed by atoms with Gasteiger partial charge >= 0.3 is 6.09 Å². The van der Waals surface area contributed by atoms with E-state index in [4.69, 9.17) is 9.15 Å². The number of nitrogens with zero attached hydrogens (tertiary/aromatic N) is 1. The molecule has 24 heavy (non-hydrogen) atoms. The van der Waals surface area contributed by atoms with E-state index in [-0.39, 0.29) is 13.0 Å². The molecule has 7 heteroatoms. The Kier molecular flexibility index (Phi) is 5.46. The van der Waals surface area contributed by atoms with Crippen LogP contribution in [-0.4, -0.2) is 39.5 Å². The highest BCUT2D eigenvalue weighted by atomic mass is 16.6. The molecule has 0 saturated carbocycles.